The number of carbonyl (C=O) groups is 1. The van der Waals surface area contributed by atoms with E-state index in [1.165, 1.54) is 12.8 Å². The van der Waals surface area contributed by atoms with Crippen molar-refractivity contribution in [3.8, 4) is 5.75 Å². The van der Waals surface area contributed by atoms with Crippen LogP contribution >= 0.6 is 12.4 Å². The minimum absolute atomic E-state index is 0. The zero-order valence-corrected chi connectivity index (χ0v) is 16.2. The van der Waals surface area contributed by atoms with Gasteiger partial charge in [-0.2, -0.15) is 0 Å². The van der Waals surface area contributed by atoms with Crippen LogP contribution in [0.3, 0.4) is 0 Å². The molecule has 1 saturated carbocycles. The van der Waals surface area contributed by atoms with Gasteiger partial charge in [0.15, 0.2) is 0 Å². The van der Waals surface area contributed by atoms with E-state index in [0.717, 1.165) is 49.7 Å². The molecule has 1 aromatic rings. The largest absolute Gasteiger partial charge is 0.493 e. The molecule has 1 aromatic carbocycles. The first kappa shape index (κ1) is 20.1. The van der Waals surface area contributed by atoms with E-state index in [2.05, 4.69) is 19.2 Å². The van der Waals surface area contributed by atoms with E-state index >= 15 is 0 Å². The molecule has 2 aliphatic rings. The highest BCUT2D eigenvalue weighted by Gasteiger charge is 2.26. The lowest BCUT2D eigenvalue weighted by molar-refractivity contribution is 0.0704. The second-order valence-electron chi connectivity index (χ2n) is 7.65. The predicted molar refractivity (Wildman–Crippen MR) is 104 cm³/mol. The summed E-state index contributed by atoms with van der Waals surface area (Å²) in [6.45, 7) is 7.77. The van der Waals surface area contributed by atoms with Gasteiger partial charge in [0, 0.05) is 24.7 Å². The topological polar surface area (TPSA) is 41.6 Å². The number of piperidine rings is 1. The lowest BCUT2D eigenvalue weighted by Gasteiger charge is -2.32. The number of ether oxygens (including phenoxy) is 1. The van der Waals surface area contributed by atoms with Crippen LogP contribution in [0.15, 0.2) is 24.3 Å². The van der Waals surface area contributed by atoms with Crippen molar-refractivity contribution < 1.29 is 9.53 Å². The molecule has 5 heteroatoms. The summed E-state index contributed by atoms with van der Waals surface area (Å²) < 4.78 is 5.74. The van der Waals surface area contributed by atoms with Crippen LogP contribution in [0.2, 0.25) is 0 Å². The van der Waals surface area contributed by atoms with Gasteiger partial charge >= 0.3 is 0 Å². The number of nitrogens with one attached hydrogen (secondary N) is 1. The molecular weight excluding hydrogens is 336 g/mol. The number of halogens is 1. The Bertz CT molecular complexity index is 552. The average molecular weight is 367 g/mol. The van der Waals surface area contributed by atoms with E-state index in [4.69, 9.17) is 4.74 Å². The van der Waals surface area contributed by atoms with Crippen LogP contribution in [-0.4, -0.2) is 43.1 Å². The number of hydrogen-bond acceptors (Lipinski definition) is 3. The fourth-order valence-electron chi connectivity index (χ4n) is 3.11. The third-order valence-electron chi connectivity index (χ3n) is 4.84. The first-order chi connectivity index (χ1) is 11.6. The molecule has 25 heavy (non-hydrogen) atoms. The van der Waals surface area contributed by atoms with E-state index in [1.54, 1.807) is 0 Å². The number of nitrogens with zero attached hydrogens (tertiary/aromatic N) is 1. The monoisotopic (exact) mass is 366 g/mol. The normalized spacial score (nSPS) is 18.1. The van der Waals surface area contributed by atoms with Gasteiger partial charge in [-0.25, -0.2) is 0 Å². The number of amides is 1. The summed E-state index contributed by atoms with van der Waals surface area (Å²) >= 11 is 0. The molecule has 0 aromatic heterocycles. The van der Waals surface area contributed by atoms with Crippen molar-refractivity contribution in [1.82, 2.24) is 10.2 Å². The highest BCUT2D eigenvalue weighted by Crippen LogP contribution is 2.28. The molecule has 1 saturated heterocycles. The third-order valence-corrected chi connectivity index (χ3v) is 4.84. The minimum Gasteiger partial charge on any atom is -0.493 e. The van der Waals surface area contributed by atoms with Crippen LogP contribution in [0.5, 0.6) is 5.75 Å². The minimum atomic E-state index is 0. The Morgan fingerprint density at radius 1 is 1.24 bits per heavy atom. The van der Waals surface area contributed by atoms with Crippen molar-refractivity contribution in [1.29, 1.82) is 0 Å². The lowest BCUT2D eigenvalue weighted by Crippen LogP contribution is -2.45. The molecule has 2 fully saturated rings. The molecule has 1 aliphatic heterocycles. The molecule has 4 nitrogen and oxygen atoms in total. The van der Waals surface area contributed by atoms with Gasteiger partial charge in [0.25, 0.3) is 5.91 Å². The molecule has 0 atom stereocenters. The summed E-state index contributed by atoms with van der Waals surface area (Å²) in [6, 6.07) is 8.18. The standard InChI is InChI=1S/C20H30N2O2.ClH/c1-15(2)14-24-19-5-3-4-17(12-19)20(23)22-10-8-18(9-11-22)21-13-16-6-7-16;/h3-5,12,15-16,18,21H,6-11,13-14H2,1-2H3;1H. The second-order valence-corrected chi connectivity index (χ2v) is 7.65. The van der Waals surface area contributed by atoms with E-state index in [0.29, 0.717) is 18.6 Å². The maximum Gasteiger partial charge on any atom is 0.253 e. The van der Waals surface area contributed by atoms with Crippen LogP contribution in [0.1, 0.15) is 49.9 Å². The zero-order chi connectivity index (χ0) is 16.9. The van der Waals surface area contributed by atoms with E-state index < -0.39 is 0 Å². The number of carbonyl (C=O) groups excluding carboxylic acids is 1. The van der Waals surface area contributed by atoms with Gasteiger partial charge in [0.05, 0.1) is 6.61 Å². The average Bonchev–Trinajstić information content (AvgIpc) is 3.43. The molecule has 1 amide bonds. The number of benzene rings is 1. The summed E-state index contributed by atoms with van der Waals surface area (Å²) in [6.07, 6.45) is 4.89. The van der Waals surface area contributed by atoms with E-state index in [9.17, 15) is 4.79 Å². The molecule has 0 unspecified atom stereocenters. The fourth-order valence-corrected chi connectivity index (χ4v) is 3.11. The van der Waals surface area contributed by atoms with Gasteiger partial charge in [-0.15, -0.1) is 12.4 Å². The van der Waals surface area contributed by atoms with Gasteiger partial charge in [-0.1, -0.05) is 19.9 Å². The first-order valence-electron chi connectivity index (χ1n) is 9.37. The van der Waals surface area contributed by atoms with Crippen molar-refractivity contribution >= 4 is 18.3 Å². The van der Waals surface area contributed by atoms with Gasteiger partial charge in [-0.05, 0) is 62.3 Å². The highest BCUT2D eigenvalue weighted by atomic mass is 35.5. The maximum absolute atomic E-state index is 12.7. The Kier molecular flexibility index (Phi) is 7.57. The summed E-state index contributed by atoms with van der Waals surface area (Å²) in [4.78, 5) is 14.7. The van der Waals surface area contributed by atoms with Gasteiger partial charge in [0.2, 0.25) is 0 Å². The smallest absolute Gasteiger partial charge is 0.253 e. The molecule has 0 radical (unpaired) electrons. The van der Waals surface area contributed by atoms with Gasteiger partial charge in [-0.3, -0.25) is 4.79 Å². The van der Waals surface area contributed by atoms with E-state index in [1.807, 2.05) is 29.2 Å². The molecule has 0 bridgehead atoms. The van der Waals surface area contributed by atoms with Crippen LogP contribution < -0.4 is 10.1 Å². The number of hydrogen-bond donors (Lipinski definition) is 1. The molecule has 140 valence electrons. The molecular formula is C20H31ClN2O2. The van der Waals surface area contributed by atoms with Crippen molar-refractivity contribution in [2.75, 3.05) is 26.2 Å². The highest BCUT2D eigenvalue weighted by molar-refractivity contribution is 5.94. The fraction of sp³-hybridized carbons (Fsp3) is 0.650. The Hall–Kier alpha value is -1.26. The Morgan fingerprint density at radius 3 is 2.60 bits per heavy atom. The van der Waals surface area contributed by atoms with Crippen LogP contribution in [-0.2, 0) is 0 Å². The van der Waals surface area contributed by atoms with Crippen molar-refractivity contribution in [2.24, 2.45) is 11.8 Å². The van der Waals surface area contributed by atoms with Crippen molar-refractivity contribution in [2.45, 2.75) is 45.6 Å². The molecule has 3 rings (SSSR count). The molecule has 1 heterocycles. The summed E-state index contributed by atoms with van der Waals surface area (Å²) in [5, 5.41) is 3.66. The number of rotatable bonds is 7. The summed E-state index contributed by atoms with van der Waals surface area (Å²) in [7, 11) is 0. The second kappa shape index (κ2) is 9.44. The van der Waals surface area contributed by atoms with Crippen LogP contribution in [0, 0.1) is 11.8 Å². The first-order valence-corrected chi connectivity index (χ1v) is 9.37. The SMILES string of the molecule is CC(C)COc1cccc(C(=O)N2CCC(NCC3CC3)CC2)c1.Cl. The molecule has 1 N–H and O–H groups in total. The zero-order valence-electron chi connectivity index (χ0n) is 15.4. The molecule has 0 spiro atoms. The maximum atomic E-state index is 12.7. The Balaban J connectivity index is 0.00000225. The third kappa shape index (κ3) is 6.19. The van der Waals surface area contributed by atoms with Gasteiger partial charge in [0.1, 0.15) is 5.75 Å². The van der Waals surface area contributed by atoms with Crippen molar-refractivity contribution in [3.05, 3.63) is 29.8 Å². The van der Waals surface area contributed by atoms with Crippen LogP contribution in [0.25, 0.3) is 0 Å². The lowest BCUT2D eigenvalue weighted by atomic mass is 10.0. The predicted octanol–water partition coefficient (Wildman–Crippen LogP) is 3.75. The Labute approximate surface area is 157 Å². The quantitative estimate of drug-likeness (QED) is 0.799. The summed E-state index contributed by atoms with van der Waals surface area (Å²) in [5.74, 6) is 2.31. The molecule has 1 aliphatic carbocycles. The Morgan fingerprint density at radius 2 is 1.96 bits per heavy atom. The van der Waals surface area contributed by atoms with Crippen molar-refractivity contribution in [3.63, 3.8) is 0 Å². The number of likely N-dealkylation sites (tertiary alicyclic amines) is 1. The van der Waals surface area contributed by atoms with Gasteiger partial charge < -0.3 is 15.0 Å². The van der Waals surface area contributed by atoms with E-state index in [-0.39, 0.29) is 18.3 Å². The summed E-state index contributed by atoms with van der Waals surface area (Å²) in [5.41, 5.74) is 0.737. The van der Waals surface area contributed by atoms with Crippen LogP contribution in [0.4, 0.5) is 0 Å².